The van der Waals surface area contributed by atoms with E-state index in [9.17, 15) is 22.0 Å². The molecular formula is C20H22ClF2N3O3S. The minimum Gasteiger partial charge on any atom is -0.339 e. The molecule has 162 valence electrons. The Labute approximate surface area is 179 Å². The number of sulfonamides is 1. The number of hydrogen-bond donors (Lipinski definition) is 0. The van der Waals surface area contributed by atoms with E-state index >= 15 is 0 Å². The lowest BCUT2D eigenvalue weighted by atomic mass is 10.2. The van der Waals surface area contributed by atoms with Crippen LogP contribution in [0.1, 0.15) is 5.56 Å². The van der Waals surface area contributed by atoms with Gasteiger partial charge in [0.2, 0.25) is 15.9 Å². The summed E-state index contributed by atoms with van der Waals surface area (Å²) in [5.41, 5.74) is 0.320. The average Bonchev–Trinajstić information content (AvgIpc) is 2.71. The van der Waals surface area contributed by atoms with Crippen LogP contribution in [0.4, 0.5) is 8.78 Å². The van der Waals surface area contributed by atoms with Crippen molar-refractivity contribution in [3.8, 4) is 0 Å². The molecule has 0 N–H and O–H groups in total. The molecule has 0 aliphatic carbocycles. The number of carbonyl (C=O) groups excluding carboxylic acids is 1. The van der Waals surface area contributed by atoms with Crippen molar-refractivity contribution >= 4 is 27.5 Å². The fourth-order valence-corrected chi connectivity index (χ4v) is 4.97. The fourth-order valence-electron chi connectivity index (χ4n) is 3.29. The summed E-state index contributed by atoms with van der Waals surface area (Å²) >= 11 is 6.03. The third kappa shape index (κ3) is 5.15. The monoisotopic (exact) mass is 457 g/mol. The molecule has 2 aromatic carbocycles. The van der Waals surface area contributed by atoms with Crippen molar-refractivity contribution in [3.05, 3.63) is 64.7 Å². The number of piperazine rings is 1. The molecule has 2 aromatic rings. The first-order chi connectivity index (χ1) is 14.2. The molecule has 0 radical (unpaired) electrons. The Hall–Kier alpha value is -2.07. The molecular weight excluding hydrogens is 436 g/mol. The van der Waals surface area contributed by atoms with Gasteiger partial charge in [0.1, 0.15) is 11.6 Å². The zero-order chi connectivity index (χ0) is 21.9. The highest BCUT2D eigenvalue weighted by Crippen LogP contribution is 2.21. The third-order valence-electron chi connectivity index (χ3n) is 4.92. The molecule has 1 aliphatic heterocycles. The molecule has 0 aromatic heterocycles. The number of nitrogens with zero attached hydrogens (tertiary/aromatic N) is 3. The maximum absolute atomic E-state index is 13.9. The van der Waals surface area contributed by atoms with Gasteiger partial charge in [-0.3, -0.25) is 9.69 Å². The molecule has 1 amide bonds. The van der Waals surface area contributed by atoms with Gasteiger partial charge in [-0.1, -0.05) is 23.7 Å². The topological polar surface area (TPSA) is 60.9 Å². The Kier molecular flexibility index (Phi) is 7.07. The number of hydrogen-bond acceptors (Lipinski definition) is 4. The second-order valence-corrected chi connectivity index (χ2v) is 9.46. The van der Waals surface area contributed by atoms with Gasteiger partial charge in [-0.05, 0) is 37.4 Å². The van der Waals surface area contributed by atoms with Crippen LogP contribution in [0.5, 0.6) is 0 Å². The van der Waals surface area contributed by atoms with Gasteiger partial charge in [-0.15, -0.1) is 0 Å². The van der Waals surface area contributed by atoms with Crippen LogP contribution in [0.15, 0.2) is 47.4 Å². The summed E-state index contributed by atoms with van der Waals surface area (Å²) in [6.45, 7) is 0.900. The van der Waals surface area contributed by atoms with Crippen molar-refractivity contribution in [2.24, 2.45) is 0 Å². The van der Waals surface area contributed by atoms with E-state index in [1.807, 2.05) is 0 Å². The molecule has 0 saturated carbocycles. The summed E-state index contributed by atoms with van der Waals surface area (Å²) in [5, 5.41) is 0.297. The highest BCUT2D eigenvalue weighted by Gasteiger charge is 2.30. The Morgan fingerprint density at radius 2 is 1.77 bits per heavy atom. The molecule has 3 rings (SSSR count). The van der Waals surface area contributed by atoms with Gasteiger partial charge in [-0.25, -0.2) is 17.2 Å². The van der Waals surface area contributed by atoms with Crippen molar-refractivity contribution in [1.29, 1.82) is 0 Å². The lowest BCUT2D eigenvalue weighted by Gasteiger charge is -2.34. The zero-order valence-corrected chi connectivity index (χ0v) is 18.0. The van der Waals surface area contributed by atoms with E-state index in [-0.39, 0.29) is 50.1 Å². The molecule has 0 spiro atoms. The Bertz CT molecular complexity index is 1010. The van der Waals surface area contributed by atoms with E-state index < -0.39 is 21.7 Å². The van der Waals surface area contributed by atoms with E-state index in [2.05, 4.69) is 0 Å². The van der Waals surface area contributed by atoms with Gasteiger partial charge in [0.25, 0.3) is 0 Å². The van der Waals surface area contributed by atoms with Gasteiger partial charge < -0.3 is 4.90 Å². The van der Waals surface area contributed by atoms with Crippen molar-refractivity contribution < 1.29 is 22.0 Å². The first-order valence-corrected chi connectivity index (χ1v) is 11.1. The predicted molar refractivity (Wildman–Crippen MR) is 109 cm³/mol. The Balaban J connectivity index is 1.56. The van der Waals surface area contributed by atoms with Crippen LogP contribution >= 0.6 is 11.6 Å². The molecule has 30 heavy (non-hydrogen) atoms. The molecule has 0 unspecified atom stereocenters. The van der Waals surface area contributed by atoms with Crippen molar-refractivity contribution in [1.82, 2.24) is 14.1 Å². The van der Waals surface area contributed by atoms with Crippen LogP contribution in [-0.4, -0.2) is 68.2 Å². The van der Waals surface area contributed by atoms with E-state index in [0.29, 0.717) is 10.6 Å². The van der Waals surface area contributed by atoms with Crippen LogP contribution in [0.25, 0.3) is 0 Å². The van der Waals surface area contributed by atoms with Crippen LogP contribution in [-0.2, 0) is 21.4 Å². The first-order valence-electron chi connectivity index (χ1n) is 9.33. The maximum atomic E-state index is 13.9. The molecule has 6 nitrogen and oxygen atoms in total. The number of rotatable bonds is 6. The number of amides is 1. The van der Waals surface area contributed by atoms with Gasteiger partial charge in [0.15, 0.2) is 0 Å². The number of benzene rings is 2. The van der Waals surface area contributed by atoms with Crippen molar-refractivity contribution in [2.45, 2.75) is 11.4 Å². The molecule has 1 fully saturated rings. The Morgan fingerprint density at radius 3 is 2.40 bits per heavy atom. The largest absolute Gasteiger partial charge is 0.339 e. The maximum Gasteiger partial charge on any atom is 0.243 e. The average molecular weight is 458 g/mol. The van der Waals surface area contributed by atoms with E-state index in [0.717, 1.165) is 6.07 Å². The quantitative estimate of drug-likeness (QED) is 0.669. The SMILES string of the molecule is CN(CC(=O)N1CCN(S(=O)(=O)c2cccc(F)c2)CC1)Cc1c(F)cccc1Cl. The summed E-state index contributed by atoms with van der Waals surface area (Å²) < 4.78 is 53.9. The molecule has 1 aliphatic rings. The van der Waals surface area contributed by atoms with Gasteiger partial charge >= 0.3 is 0 Å². The highest BCUT2D eigenvalue weighted by molar-refractivity contribution is 7.89. The molecule has 1 saturated heterocycles. The van der Waals surface area contributed by atoms with Gasteiger partial charge in [0, 0.05) is 43.3 Å². The lowest BCUT2D eigenvalue weighted by molar-refractivity contribution is -0.133. The van der Waals surface area contributed by atoms with E-state index in [1.54, 1.807) is 22.9 Å². The lowest BCUT2D eigenvalue weighted by Crippen LogP contribution is -2.52. The van der Waals surface area contributed by atoms with Crippen LogP contribution < -0.4 is 0 Å². The summed E-state index contributed by atoms with van der Waals surface area (Å²) in [7, 11) is -2.13. The minimum absolute atomic E-state index is 0.0430. The van der Waals surface area contributed by atoms with Crippen LogP contribution in [0, 0.1) is 11.6 Å². The summed E-state index contributed by atoms with van der Waals surface area (Å²) in [6, 6.07) is 9.28. The Morgan fingerprint density at radius 1 is 1.10 bits per heavy atom. The van der Waals surface area contributed by atoms with Gasteiger partial charge in [-0.2, -0.15) is 4.31 Å². The zero-order valence-electron chi connectivity index (χ0n) is 16.4. The third-order valence-corrected chi connectivity index (χ3v) is 7.17. The van der Waals surface area contributed by atoms with E-state index in [1.165, 1.54) is 34.6 Å². The van der Waals surface area contributed by atoms with Crippen molar-refractivity contribution in [3.63, 3.8) is 0 Å². The van der Waals surface area contributed by atoms with E-state index in [4.69, 9.17) is 11.6 Å². The van der Waals surface area contributed by atoms with Crippen LogP contribution in [0.2, 0.25) is 5.02 Å². The highest BCUT2D eigenvalue weighted by atomic mass is 35.5. The number of halogens is 3. The van der Waals surface area contributed by atoms with Gasteiger partial charge in [0.05, 0.1) is 11.4 Å². The number of likely N-dealkylation sites (N-methyl/N-ethyl adjacent to an activating group) is 1. The molecule has 10 heteroatoms. The molecule has 0 bridgehead atoms. The fraction of sp³-hybridized carbons (Fsp3) is 0.350. The van der Waals surface area contributed by atoms with Crippen molar-refractivity contribution in [2.75, 3.05) is 39.8 Å². The summed E-state index contributed by atoms with van der Waals surface area (Å²) in [6.07, 6.45) is 0. The second kappa shape index (κ2) is 9.38. The predicted octanol–water partition coefficient (Wildman–Crippen LogP) is 2.58. The summed E-state index contributed by atoms with van der Waals surface area (Å²) in [5.74, 6) is -1.24. The first kappa shape index (κ1) is 22.6. The smallest absolute Gasteiger partial charge is 0.243 e. The number of carbonyl (C=O) groups is 1. The molecule has 1 heterocycles. The summed E-state index contributed by atoms with van der Waals surface area (Å²) in [4.78, 5) is 15.7. The molecule has 0 atom stereocenters. The second-order valence-electron chi connectivity index (χ2n) is 7.11. The minimum atomic E-state index is -3.82. The normalized spacial score (nSPS) is 15.6. The van der Waals surface area contributed by atoms with Crippen LogP contribution in [0.3, 0.4) is 0 Å². The standard InChI is InChI=1S/C20H22ClF2N3O3S/c1-24(13-17-18(21)6-3-7-19(17)23)14-20(27)25-8-10-26(11-9-25)30(28,29)16-5-2-4-15(22)12-16/h2-7,12H,8-11,13-14H2,1H3.